The average molecular weight is 279 g/mol. The van der Waals surface area contributed by atoms with Crippen molar-refractivity contribution < 1.29 is 18.1 Å². The highest BCUT2D eigenvalue weighted by Crippen LogP contribution is 2.24. The lowest BCUT2D eigenvalue weighted by Crippen LogP contribution is -2.54. The Morgan fingerprint density at radius 1 is 1.11 bits per heavy atom. The van der Waals surface area contributed by atoms with Gasteiger partial charge in [0.15, 0.2) is 0 Å². The summed E-state index contributed by atoms with van der Waals surface area (Å²) in [6.45, 7) is 11.8. The van der Waals surface area contributed by atoms with Gasteiger partial charge in [0.05, 0.1) is 5.60 Å². The van der Waals surface area contributed by atoms with Crippen molar-refractivity contribution in [2.45, 2.75) is 72.2 Å². The average Bonchev–Trinajstić information content (AvgIpc) is 2.09. The molecule has 6 heteroatoms. The summed E-state index contributed by atoms with van der Waals surface area (Å²) in [7, 11) is -3.60. The highest BCUT2D eigenvalue weighted by Gasteiger charge is 2.47. The van der Waals surface area contributed by atoms with E-state index in [1.165, 1.54) is 0 Å². The van der Waals surface area contributed by atoms with Crippen LogP contribution in [0.2, 0.25) is 0 Å². The second-order valence-electron chi connectivity index (χ2n) is 5.61. The highest BCUT2D eigenvalue weighted by molar-refractivity contribution is 6.52. The van der Waals surface area contributed by atoms with Gasteiger partial charge in [-0.25, -0.2) is 0 Å². The normalized spacial score (nSPS) is 13.7. The van der Waals surface area contributed by atoms with Gasteiger partial charge >= 0.3 is 9.05 Å². The predicted molar refractivity (Wildman–Crippen MR) is 73.9 cm³/mol. The molecule has 110 valence electrons. The monoisotopic (exact) mass is 279 g/mol. The molecule has 0 spiro atoms. The van der Waals surface area contributed by atoms with Crippen LogP contribution in [0.5, 0.6) is 0 Å². The Balaban J connectivity index is 4.65. The topological polar surface area (TPSA) is 73.9 Å². The van der Waals surface area contributed by atoms with E-state index in [1.54, 1.807) is 0 Å². The lowest BCUT2D eigenvalue weighted by molar-refractivity contribution is -0.0878. The van der Waals surface area contributed by atoms with E-state index >= 15 is 0 Å². The summed E-state index contributed by atoms with van der Waals surface area (Å²) >= 11 is 0. The standard InChI is InChI=1S/C12H29NO4Si/c1-10(2)15-18(14,16-11(3)4)17-12(5,6)8-7-9-13/h10-11,14H,7-9,13H2,1-6H3. The molecule has 18 heavy (non-hydrogen) atoms. The molecule has 0 fully saturated rings. The Morgan fingerprint density at radius 3 is 1.89 bits per heavy atom. The predicted octanol–water partition coefficient (Wildman–Crippen LogP) is 1.80. The molecule has 0 aromatic rings. The summed E-state index contributed by atoms with van der Waals surface area (Å²) in [5.74, 6) is 0. The van der Waals surface area contributed by atoms with Gasteiger partial charge in [0.2, 0.25) is 0 Å². The maximum Gasteiger partial charge on any atom is 0.677 e. The van der Waals surface area contributed by atoms with Gasteiger partial charge in [-0.2, -0.15) is 0 Å². The minimum absolute atomic E-state index is 0.147. The van der Waals surface area contributed by atoms with Crippen LogP contribution in [-0.4, -0.2) is 38.2 Å². The number of hydrogen-bond acceptors (Lipinski definition) is 5. The van der Waals surface area contributed by atoms with E-state index < -0.39 is 14.6 Å². The largest absolute Gasteiger partial charge is 0.677 e. The molecule has 0 unspecified atom stereocenters. The Labute approximate surface area is 112 Å². The van der Waals surface area contributed by atoms with Gasteiger partial charge in [-0.3, -0.25) is 0 Å². The zero-order valence-corrected chi connectivity index (χ0v) is 13.5. The molecule has 0 aliphatic carbocycles. The van der Waals surface area contributed by atoms with Crippen LogP contribution in [0.3, 0.4) is 0 Å². The molecule has 0 bridgehead atoms. The molecule has 3 N–H and O–H groups in total. The Morgan fingerprint density at radius 2 is 1.56 bits per heavy atom. The number of nitrogens with two attached hydrogens (primary N) is 1. The van der Waals surface area contributed by atoms with Crippen molar-refractivity contribution in [3.05, 3.63) is 0 Å². The summed E-state index contributed by atoms with van der Waals surface area (Å²) in [6.07, 6.45) is 1.29. The van der Waals surface area contributed by atoms with E-state index in [-0.39, 0.29) is 12.2 Å². The fourth-order valence-corrected chi connectivity index (χ4v) is 3.74. The fraction of sp³-hybridized carbons (Fsp3) is 1.00. The van der Waals surface area contributed by atoms with Crippen molar-refractivity contribution in [3.63, 3.8) is 0 Å². The van der Waals surface area contributed by atoms with Crippen molar-refractivity contribution >= 4 is 9.05 Å². The van der Waals surface area contributed by atoms with E-state index in [1.807, 2.05) is 41.5 Å². The van der Waals surface area contributed by atoms with Crippen molar-refractivity contribution in [3.8, 4) is 0 Å². The maximum absolute atomic E-state index is 10.4. The SMILES string of the molecule is CC(C)O[Si](O)(OC(C)C)OC(C)(C)CCCN. The molecule has 0 rings (SSSR count). The second kappa shape index (κ2) is 7.57. The minimum atomic E-state index is -3.60. The van der Waals surface area contributed by atoms with E-state index in [2.05, 4.69) is 0 Å². The Kier molecular flexibility index (Phi) is 7.58. The van der Waals surface area contributed by atoms with Gasteiger partial charge in [0.1, 0.15) is 0 Å². The molecule has 0 saturated heterocycles. The first kappa shape index (κ1) is 18.0. The maximum atomic E-state index is 10.4. The lowest BCUT2D eigenvalue weighted by Gasteiger charge is -2.35. The van der Waals surface area contributed by atoms with Gasteiger partial charge in [-0.05, 0) is 60.9 Å². The van der Waals surface area contributed by atoms with Gasteiger partial charge in [0, 0.05) is 12.2 Å². The first-order valence-corrected chi connectivity index (χ1v) is 8.25. The van der Waals surface area contributed by atoms with Crippen LogP contribution < -0.4 is 5.73 Å². The van der Waals surface area contributed by atoms with Crippen molar-refractivity contribution in [1.29, 1.82) is 0 Å². The molecule has 0 aromatic heterocycles. The third kappa shape index (κ3) is 8.18. The van der Waals surface area contributed by atoms with Gasteiger partial charge in [0.25, 0.3) is 0 Å². The first-order chi connectivity index (χ1) is 8.10. The zero-order valence-electron chi connectivity index (χ0n) is 12.5. The Hall–Kier alpha value is 0.0169. The highest BCUT2D eigenvalue weighted by atomic mass is 28.4. The van der Waals surface area contributed by atoms with Crippen LogP contribution >= 0.6 is 0 Å². The number of rotatable bonds is 9. The molecule has 0 saturated carbocycles. The third-order valence-corrected chi connectivity index (χ3v) is 4.51. The van der Waals surface area contributed by atoms with E-state index in [4.69, 9.17) is 19.0 Å². The summed E-state index contributed by atoms with van der Waals surface area (Å²) < 4.78 is 16.7. The molecule has 0 aliphatic heterocycles. The van der Waals surface area contributed by atoms with E-state index in [0.717, 1.165) is 12.8 Å². The van der Waals surface area contributed by atoms with Crippen LogP contribution in [0.4, 0.5) is 0 Å². The Bertz CT molecular complexity index is 224. The number of hydrogen-bond donors (Lipinski definition) is 2. The molecule has 0 atom stereocenters. The quantitative estimate of drug-likeness (QED) is 0.630. The zero-order chi connectivity index (χ0) is 14.4. The second-order valence-corrected chi connectivity index (χ2v) is 7.33. The van der Waals surface area contributed by atoms with Crippen molar-refractivity contribution in [2.24, 2.45) is 5.73 Å². The summed E-state index contributed by atoms with van der Waals surface area (Å²) in [6, 6.07) is 0. The fourth-order valence-electron chi connectivity index (χ4n) is 1.60. The van der Waals surface area contributed by atoms with Crippen LogP contribution in [0.15, 0.2) is 0 Å². The lowest BCUT2D eigenvalue weighted by atomic mass is 10.0. The minimum Gasteiger partial charge on any atom is -0.367 e. The van der Waals surface area contributed by atoms with Gasteiger partial charge < -0.3 is 23.8 Å². The van der Waals surface area contributed by atoms with Crippen LogP contribution in [0.25, 0.3) is 0 Å². The van der Waals surface area contributed by atoms with Crippen LogP contribution in [0.1, 0.15) is 54.4 Å². The molecular formula is C12H29NO4Si. The van der Waals surface area contributed by atoms with E-state index in [9.17, 15) is 4.80 Å². The summed E-state index contributed by atoms with van der Waals surface area (Å²) in [4.78, 5) is 10.4. The molecule has 0 heterocycles. The van der Waals surface area contributed by atoms with E-state index in [0.29, 0.717) is 6.54 Å². The summed E-state index contributed by atoms with van der Waals surface area (Å²) in [5, 5.41) is 0. The third-order valence-electron chi connectivity index (χ3n) is 2.16. The van der Waals surface area contributed by atoms with Crippen molar-refractivity contribution in [1.82, 2.24) is 0 Å². The molecule has 5 nitrogen and oxygen atoms in total. The van der Waals surface area contributed by atoms with Gasteiger partial charge in [-0.1, -0.05) is 0 Å². The molecule has 0 aromatic carbocycles. The molecule has 0 radical (unpaired) electrons. The first-order valence-electron chi connectivity index (χ1n) is 6.58. The molecule has 0 amide bonds. The van der Waals surface area contributed by atoms with Crippen molar-refractivity contribution in [2.75, 3.05) is 6.54 Å². The molecular weight excluding hydrogens is 250 g/mol. The smallest absolute Gasteiger partial charge is 0.367 e. The van der Waals surface area contributed by atoms with Crippen LogP contribution in [0, 0.1) is 0 Å². The van der Waals surface area contributed by atoms with Crippen LogP contribution in [-0.2, 0) is 13.3 Å². The summed E-state index contributed by atoms with van der Waals surface area (Å²) in [5.41, 5.74) is 4.98. The van der Waals surface area contributed by atoms with Gasteiger partial charge in [-0.15, -0.1) is 0 Å². The molecule has 0 aliphatic rings.